The van der Waals surface area contributed by atoms with E-state index < -0.39 is 0 Å². The average Bonchev–Trinajstić information content (AvgIpc) is 3.27. The van der Waals surface area contributed by atoms with Crippen LogP contribution >= 0.6 is 0 Å². The third kappa shape index (κ3) is 5.22. The van der Waals surface area contributed by atoms with Crippen molar-refractivity contribution < 1.29 is 9.90 Å². The van der Waals surface area contributed by atoms with Crippen LogP contribution in [-0.4, -0.2) is 54.9 Å². The number of β-amino-alcohol motifs (C(OH)–C–C–N with tert-alkyl or cyclic N) is 1. The first-order chi connectivity index (χ1) is 17.4. The number of aliphatic hydroxyl groups excluding tert-OH is 1. The molecule has 5 rings (SSSR count). The van der Waals surface area contributed by atoms with Crippen molar-refractivity contribution >= 4 is 28.6 Å². The number of aromatic nitrogens is 4. The van der Waals surface area contributed by atoms with Crippen LogP contribution in [0, 0.1) is 6.92 Å². The minimum absolute atomic E-state index is 0.0524. The fourth-order valence-electron chi connectivity index (χ4n) is 4.40. The maximum atomic E-state index is 12.9. The zero-order valence-electron chi connectivity index (χ0n) is 20.8. The van der Waals surface area contributed by atoms with Crippen LogP contribution in [0.15, 0.2) is 54.9 Å². The molecule has 1 aliphatic rings. The van der Waals surface area contributed by atoms with Gasteiger partial charge in [-0.05, 0) is 61.7 Å². The van der Waals surface area contributed by atoms with Gasteiger partial charge in [0.1, 0.15) is 11.3 Å². The topological polar surface area (TPSA) is 108 Å². The largest absolute Gasteiger partial charge is 0.390 e. The van der Waals surface area contributed by atoms with Gasteiger partial charge in [0.2, 0.25) is 5.65 Å². The van der Waals surface area contributed by atoms with Gasteiger partial charge in [0.15, 0.2) is 0 Å². The first kappa shape index (κ1) is 23.9. The van der Waals surface area contributed by atoms with Gasteiger partial charge in [-0.25, -0.2) is 9.97 Å². The van der Waals surface area contributed by atoms with Gasteiger partial charge in [-0.1, -0.05) is 18.2 Å². The number of hydrogen-bond donors (Lipinski definition) is 3. The number of anilines is 2. The summed E-state index contributed by atoms with van der Waals surface area (Å²) in [6.07, 6.45) is 3.38. The number of fused-ring (bicyclic) bond motifs is 1. The van der Waals surface area contributed by atoms with E-state index in [-0.39, 0.29) is 18.1 Å². The lowest BCUT2D eigenvalue weighted by Crippen LogP contribution is -2.49. The Labute approximate surface area is 210 Å². The first-order valence-electron chi connectivity index (χ1n) is 12.3. The van der Waals surface area contributed by atoms with Crippen LogP contribution in [0.25, 0.3) is 11.2 Å². The average molecular weight is 486 g/mol. The summed E-state index contributed by atoms with van der Waals surface area (Å²) >= 11 is 0. The van der Waals surface area contributed by atoms with Gasteiger partial charge in [0.05, 0.1) is 24.5 Å². The molecule has 1 amide bonds. The lowest BCUT2D eigenvalue weighted by atomic mass is 10.0. The molecule has 1 fully saturated rings. The Morgan fingerprint density at radius 1 is 1.22 bits per heavy atom. The normalized spacial score (nSPS) is 15.0. The number of likely N-dealkylation sites (tertiary alicyclic amines) is 1. The smallest absolute Gasteiger partial charge is 0.255 e. The summed E-state index contributed by atoms with van der Waals surface area (Å²) in [7, 11) is 0. The Morgan fingerprint density at radius 3 is 2.81 bits per heavy atom. The highest BCUT2D eigenvalue weighted by molar-refractivity contribution is 6.04. The van der Waals surface area contributed by atoms with E-state index >= 15 is 0 Å². The highest BCUT2D eigenvalue weighted by Gasteiger charge is 2.24. The van der Waals surface area contributed by atoms with Gasteiger partial charge in [0, 0.05) is 37.4 Å². The highest BCUT2D eigenvalue weighted by Crippen LogP contribution is 2.23. The number of nitrogens with one attached hydrogen (secondary N) is 2. The molecular weight excluding hydrogens is 454 g/mol. The number of amides is 1. The minimum Gasteiger partial charge on any atom is -0.390 e. The van der Waals surface area contributed by atoms with Gasteiger partial charge in [-0.15, -0.1) is 0 Å². The van der Waals surface area contributed by atoms with Crippen molar-refractivity contribution in [1.82, 2.24) is 24.6 Å². The fourth-order valence-corrected chi connectivity index (χ4v) is 4.40. The molecule has 9 nitrogen and oxygen atoms in total. The second-order valence-corrected chi connectivity index (χ2v) is 9.38. The molecule has 0 bridgehead atoms. The second-order valence-electron chi connectivity index (χ2n) is 9.38. The minimum atomic E-state index is -0.216. The number of aryl methyl sites for hydroxylation is 2. The van der Waals surface area contributed by atoms with Crippen molar-refractivity contribution in [3.8, 4) is 0 Å². The molecule has 2 aromatic heterocycles. The summed E-state index contributed by atoms with van der Waals surface area (Å²) in [6.45, 7) is 9.04. The Hall–Kier alpha value is -3.82. The SMILES string of the molecule is CCn1cc2ncc(N[C@@H](C)c3cccc(NC(=O)c4ccc(CN5CC(O)C5)c(C)c4)c3)nc2n1. The molecule has 0 aliphatic carbocycles. The van der Waals surface area contributed by atoms with E-state index in [0.29, 0.717) is 30.1 Å². The van der Waals surface area contributed by atoms with E-state index in [0.717, 1.165) is 35.4 Å². The van der Waals surface area contributed by atoms with Gasteiger partial charge >= 0.3 is 0 Å². The van der Waals surface area contributed by atoms with Crippen molar-refractivity contribution in [2.75, 3.05) is 23.7 Å². The summed E-state index contributed by atoms with van der Waals surface area (Å²) in [4.78, 5) is 24.1. The maximum absolute atomic E-state index is 12.9. The lowest BCUT2D eigenvalue weighted by Gasteiger charge is -2.36. The molecule has 1 saturated heterocycles. The standard InChI is InChI=1S/C27H31N7O2/c1-4-34-16-24-26(32-34)31-25(12-28-24)29-18(3)19-6-5-7-22(11-19)30-27(36)20-8-9-21(17(2)10-20)13-33-14-23(35)15-33/h5-12,16,18,23,35H,4,13-15H2,1-3H3,(H,30,36)(H,29,31,32)/t18-/m0/s1. The Bertz CT molecular complexity index is 1390. The number of benzene rings is 2. The van der Waals surface area contributed by atoms with E-state index in [2.05, 4.69) is 30.6 Å². The van der Waals surface area contributed by atoms with E-state index in [1.807, 2.05) is 74.1 Å². The van der Waals surface area contributed by atoms with Crippen molar-refractivity contribution in [1.29, 1.82) is 0 Å². The van der Waals surface area contributed by atoms with E-state index in [9.17, 15) is 9.90 Å². The van der Waals surface area contributed by atoms with Crippen LogP contribution in [0.4, 0.5) is 11.5 Å². The quantitative estimate of drug-likeness (QED) is 0.349. The third-order valence-corrected chi connectivity index (χ3v) is 6.55. The van der Waals surface area contributed by atoms with Crippen molar-refractivity contribution in [3.63, 3.8) is 0 Å². The summed E-state index contributed by atoms with van der Waals surface area (Å²) in [5, 5.41) is 20.3. The van der Waals surface area contributed by atoms with E-state index in [4.69, 9.17) is 0 Å². The van der Waals surface area contributed by atoms with Crippen LogP contribution in [0.5, 0.6) is 0 Å². The molecule has 0 unspecified atom stereocenters. The lowest BCUT2D eigenvalue weighted by molar-refractivity contribution is -0.00296. The summed E-state index contributed by atoms with van der Waals surface area (Å²) in [5.74, 6) is 0.499. The predicted molar refractivity (Wildman–Crippen MR) is 140 cm³/mol. The van der Waals surface area contributed by atoms with Gasteiger partial charge in [-0.3, -0.25) is 14.4 Å². The van der Waals surface area contributed by atoms with Crippen molar-refractivity contribution in [3.05, 3.63) is 77.1 Å². The Kier molecular flexibility index (Phi) is 6.67. The summed E-state index contributed by atoms with van der Waals surface area (Å²) in [6, 6.07) is 13.5. The van der Waals surface area contributed by atoms with Gasteiger partial charge in [-0.2, -0.15) is 5.10 Å². The summed E-state index contributed by atoms with van der Waals surface area (Å²) in [5.41, 5.74) is 5.97. The van der Waals surface area contributed by atoms with E-state index in [1.54, 1.807) is 6.20 Å². The van der Waals surface area contributed by atoms with Crippen molar-refractivity contribution in [2.24, 2.45) is 0 Å². The molecule has 1 aliphatic heterocycles. The molecule has 2 aromatic carbocycles. The number of carbonyl (C=O) groups is 1. The van der Waals surface area contributed by atoms with Crippen LogP contribution < -0.4 is 10.6 Å². The Morgan fingerprint density at radius 2 is 2.06 bits per heavy atom. The predicted octanol–water partition coefficient (Wildman–Crippen LogP) is 3.76. The number of aliphatic hydroxyl groups is 1. The maximum Gasteiger partial charge on any atom is 0.255 e. The third-order valence-electron chi connectivity index (χ3n) is 6.55. The number of rotatable bonds is 8. The molecule has 0 saturated carbocycles. The van der Waals surface area contributed by atoms with Crippen LogP contribution in [0.3, 0.4) is 0 Å². The molecule has 4 aromatic rings. The summed E-state index contributed by atoms with van der Waals surface area (Å²) < 4.78 is 1.82. The second kappa shape index (κ2) is 10.0. The molecule has 3 heterocycles. The van der Waals surface area contributed by atoms with Crippen LogP contribution in [-0.2, 0) is 13.1 Å². The molecule has 1 atom stereocenters. The monoisotopic (exact) mass is 485 g/mol. The fraction of sp³-hybridized carbons (Fsp3) is 0.333. The van der Waals surface area contributed by atoms with Gasteiger partial charge < -0.3 is 15.7 Å². The molecule has 186 valence electrons. The molecule has 36 heavy (non-hydrogen) atoms. The molecule has 0 spiro atoms. The van der Waals surface area contributed by atoms with E-state index in [1.165, 1.54) is 5.56 Å². The number of hydrogen-bond acceptors (Lipinski definition) is 7. The van der Waals surface area contributed by atoms with Crippen molar-refractivity contribution in [2.45, 2.75) is 46.0 Å². The molecule has 3 N–H and O–H groups in total. The van der Waals surface area contributed by atoms with Crippen LogP contribution in [0.1, 0.15) is 46.9 Å². The zero-order chi connectivity index (χ0) is 25.2. The van der Waals surface area contributed by atoms with Gasteiger partial charge in [0.25, 0.3) is 5.91 Å². The molecular formula is C27H31N7O2. The Balaban J connectivity index is 1.24. The highest BCUT2D eigenvalue weighted by atomic mass is 16.3. The molecule has 0 radical (unpaired) electrons. The number of carbonyl (C=O) groups excluding carboxylic acids is 1. The molecule has 9 heteroatoms. The zero-order valence-corrected chi connectivity index (χ0v) is 20.8. The first-order valence-corrected chi connectivity index (χ1v) is 12.3. The number of nitrogens with zero attached hydrogens (tertiary/aromatic N) is 5. The van der Waals surface area contributed by atoms with Crippen LogP contribution in [0.2, 0.25) is 0 Å².